The molecule has 2 aromatic rings. The average Bonchev–Trinajstić information content (AvgIpc) is 3.36. The molecule has 1 fully saturated rings. The lowest BCUT2D eigenvalue weighted by Gasteiger charge is -2.16. The van der Waals surface area contributed by atoms with Crippen LogP contribution in [0.25, 0.3) is 0 Å². The van der Waals surface area contributed by atoms with Gasteiger partial charge in [-0.1, -0.05) is 6.07 Å². The Labute approximate surface area is 212 Å². The van der Waals surface area contributed by atoms with E-state index in [1.54, 1.807) is 18.0 Å². The molecule has 1 aliphatic rings. The van der Waals surface area contributed by atoms with Gasteiger partial charge in [-0.05, 0) is 59.6 Å². The Kier molecular flexibility index (Phi) is 10.2. The van der Waals surface area contributed by atoms with Crippen LogP contribution in [0, 0.1) is 0 Å². The number of hydrogen-bond acceptors (Lipinski definition) is 8. The van der Waals surface area contributed by atoms with E-state index in [1.165, 1.54) is 0 Å². The second-order valence-corrected chi connectivity index (χ2v) is 9.62. The molecule has 34 heavy (non-hydrogen) atoms. The molecule has 0 bridgehead atoms. The summed E-state index contributed by atoms with van der Waals surface area (Å²) in [6.45, 7) is 2.73. The van der Waals surface area contributed by atoms with Crippen LogP contribution in [0.15, 0.2) is 34.9 Å². The van der Waals surface area contributed by atoms with Gasteiger partial charge in [-0.3, -0.25) is 4.79 Å². The zero-order chi connectivity index (χ0) is 24.3. The van der Waals surface area contributed by atoms with Crippen molar-refractivity contribution in [3.05, 3.63) is 34.9 Å². The summed E-state index contributed by atoms with van der Waals surface area (Å²) >= 11 is 5.01. The molecule has 1 aromatic heterocycles. The van der Waals surface area contributed by atoms with Crippen LogP contribution in [0.2, 0.25) is 0 Å². The molecule has 1 atom stereocenters. The summed E-state index contributed by atoms with van der Waals surface area (Å²) in [5, 5.41) is 12.2. The molecule has 3 rings (SSSR count). The Balaban J connectivity index is 1.49. The van der Waals surface area contributed by atoms with E-state index in [4.69, 9.17) is 5.73 Å². The molecule has 6 N–H and O–H groups in total. The number of carbonyl (C=O) groups is 2. The summed E-state index contributed by atoms with van der Waals surface area (Å²) in [5.74, 6) is 1.52. The van der Waals surface area contributed by atoms with Gasteiger partial charge in [0.1, 0.15) is 5.82 Å². The summed E-state index contributed by atoms with van der Waals surface area (Å²) in [4.78, 5) is 34.9. The molecule has 0 aliphatic carbocycles. The maximum atomic E-state index is 12.3. The number of hydrogen-bond donors (Lipinski definition) is 5. The number of aromatic nitrogens is 2. The van der Waals surface area contributed by atoms with Crippen molar-refractivity contribution in [1.29, 1.82) is 0 Å². The smallest absolute Gasteiger partial charge is 0.321 e. The van der Waals surface area contributed by atoms with Gasteiger partial charge in [0.2, 0.25) is 11.9 Å². The lowest BCUT2D eigenvalue weighted by atomic mass is 10.3. The molecule has 0 saturated carbocycles. The van der Waals surface area contributed by atoms with E-state index in [0.717, 1.165) is 42.5 Å². The van der Waals surface area contributed by atoms with Crippen LogP contribution < -0.4 is 27.0 Å². The summed E-state index contributed by atoms with van der Waals surface area (Å²) in [6, 6.07) is 6.87. The SMILES string of the molecule is CSC[C@H](N)C(=O)NCCCNc1nc(Nc2cccc(NC(=O)N3CCCC3)c2)ncc1Br. The second-order valence-electron chi connectivity index (χ2n) is 7.85. The van der Waals surface area contributed by atoms with Crippen LogP contribution >= 0.6 is 27.7 Å². The Morgan fingerprint density at radius 1 is 1.24 bits per heavy atom. The van der Waals surface area contributed by atoms with Crippen LogP contribution in [-0.4, -0.2) is 71.0 Å². The lowest BCUT2D eigenvalue weighted by Crippen LogP contribution is -2.42. The van der Waals surface area contributed by atoms with Crippen molar-refractivity contribution >= 4 is 62.8 Å². The third-order valence-corrected chi connectivity index (χ3v) is 6.41. The van der Waals surface area contributed by atoms with Crippen LogP contribution in [0.1, 0.15) is 19.3 Å². The monoisotopic (exact) mass is 550 g/mol. The molecule has 1 aliphatic heterocycles. The Hall–Kier alpha value is -2.57. The number of likely N-dealkylation sites (tertiary alicyclic amines) is 1. The maximum absolute atomic E-state index is 12.3. The van der Waals surface area contributed by atoms with Gasteiger partial charge in [0.25, 0.3) is 0 Å². The zero-order valence-corrected chi connectivity index (χ0v) is 21.5. The van der Waals surface area contributed by atoms with Gasteiger partial charge in [0.15, 0.2) is 0 Å². The van der Waals surface area contributed by atoms with Crippen LogP contribution in [0.5, 0.6) is 0 Å². The first-order valence-corrected chi connectivity index (χ1v) is 13.4. The van der Waals surface area contributed by atoms with Crippen LogP contribution in [-0.2, 0) is 4.79 Å². The second kappa shape index (κ2) is 13.4. The Bertz CT molecular complexity index is 974. The summed E-state index contributed by atoms with van der Waals surface area (Å²) in [6.07, 6.45) is 6.40. The standard InChI is InChI=1S/C22H31BrN8O2S/c1-34-14-18(24)20(32)26-9-5-8-25-19-17(23)13-27-21(30-19)28-15-6-4-7-16(12-15)29-22(33)31-10-2-3-11-31/h4,6-7,12-13,18H,2-3,5,8-11,14,24H2,1H3,(H,26,32)(H,29,33)(H2,25,27,28,30)/t18-/m0/s1. The summed E-state index contributed by atoms with van der Waals surface area (Å²) in [5.41, 5.74) is 7.26. The highest BCUT2D eigenvalue weighted by Gasteiger charge is 2.18. The fourth-order valence-electron chi connectivity index (χ4n) is 3.37. The average molecular weight is 552 g/mol. The van der Waals surface area contributed by atoms with Gasteiger partial charge in [-0.15, -0.1) is 0 Å². The summed E-state index contributed by atoms with van der Waals surface area (Å²) < 4.78 is 0.732. The number of urea groups is 1. The van der Waals surface area contributed by atoms with Gasteiger partial charge in [-0.25, -0.2) is 9.78 Å². The molecule has 0 radical (unpaired) electrons. The number of nitrogens with one attached hydrogen (secondary N) is 4. The molecule has 1 aromatic carbocycles. The number of nitrogens with zero attached hydrogens (tertiary/aromatic N) is 3. The third-order valence-electron chi connectivity index (χ3n) is 5.14. The molecule has 0 spiro atoms. The highest BCUT2D eigenvalue weighted by molar-refractivity contribution is 9.10. The van der Waals surface area contributed by atoms with Gasteiger partial charge in [0, 0.05) is 49.5 Å². The van der Waals surface area contributed by atoms with Crippen molar-refractivity contribution in [2.45, 2.75) is 25.3 Å². The third kappa shape index (κ3) is 8.03. The topological polar surface area (TPSA) is 137 Å². The fraction of sp³-hybridized carbons (Fsp3) is 0.455. The van der Waals surface area contributed by atoms with Crippen molar-refractivity contribution in [3.63, 3.8) is 0 Å². The van der Waals surface area contributed by atoms with Crippen molar-refractivity contribution < 1.29 is 9.59 Å². The minimum atomic E-state index is -0.486. The number of amides is 3. The maximum Gasteiger partial charge on any atom is 0.321 e. The van der Waals surface area contributed by atoms with E-state index in [0.29, 0.717) is 36.3 Å². The van der Waals surface area contributed by atoms with Crippen molar-refractivity contribution in [2.24, 2.45) is 5.73 Å². The molecular weight excluding hydrogens is 520 g/mol. The van der Waals surface area contributed by atoms with Gasteiger partial charge < -0.3 is 31.9 Å². The highest BCUT2D eigenvalue weighted by atomic mass is 79.9. The number of anilines is 4. The number of halogens is 1. The minimum Gasteiger partial charge on any atom is -0.369 e. The molecule has 184 valence electrons. The first-order chi connectivity index (χ1) is 16.5. The largest absolute Gasteiger partial charge is 0.369 e. The molecule has 10 nitrogen and oxygen atoms in total. The molecule has 12 heteroatoms. The number of thioether (sulfide) groups is 1. The van der Waals surface area contributed by atoms with Crippen LogP contribution in [0.3, 0.4) is 0 Å². The van der Waals surface area contributed by atoms with Crippen LogP contribution in [0.4, 0.5) is 27.9 Å². The van der Waals surface area contributed by atoms with E-state index in [2.05, 4.69) is 47.2 Å². The molecule has 0 unspecified atom stereocenters. The minimum absolute atomic E-state index is 0.0801. The van der Waals surface area contributed by atoms with Crippen molar-refractivity contribution in [2.75, 3.05) is 54.1 Å². The van der Waals surface area contributed by atoms with E-state index in [9.17, 15) is 9.59 Å². The van der Waals surface area contributed by atoms with Crippen molar-refractivity contribution in [1.82, 2.24) is 20.2 Å². The molecular formula is C22H31BrN8O2S. The molecule has 1 saturated heterocycles. The number of rotatable bonds is 11. The first kappa shape index (κ1) is 26.0. The predicted octanol–water partition coefficient (Wildman–Crippen LogP) is 3.22. The number of carbonyl (C=O) groups excluding carboxylic acids is 2. The normalized spacial score (nSPS) is 13.9. The van der Waals surface area contributed by atoms with E-state index in [-0.39, 0.29) is 11.9 Å². The van der Waals surface area contributed by atoms with Gasteiger partial charge in [0.05, 0.1) is 10.5 Å². The first-order valence-electron chi connectivity index (χ1n) is 11.2. The van der Waals surface area contributed by atoms with E-state index >= 15 is 0 Å². The summed E-state index contributed by atoms with van der Waals surface area (Å²) in [7, 11) is 0. The fourth-order valence-corrected chi connectivity index (χ4v) is 4.21. The quantitative estimate of drug-likeness (QED) is 0.269. The van der Waals surface area contributed by atoms with Crippen molar-refractivity contribution in [3.8, 4) is 0 Å². The Morgan fingerprint density at radius 3 is 2.76 bits per heavy atom. The number of nitrogens with two attached hydrogens (primary N) is 1. The molecule has 3 amide bonds. The van der Waals surface area contributed by atoms with E-state index in [1.807, 2.05) is 35.4 Å². The predicted molar refractivity (Wildman–Crippen MR) is 142 cm³/mol. The van der Waals surface area contributed by atoms with Gasteiger partial charge in [-0.2, -0.15) is 16.7 Å². The number of benzene rings is 1. The highest BCUT2D eigenvalue weighted by Crippen LogP contribution is 2.23. The zero-order valence-electron chi connectivity index (χ0n) is 19.1. The Morgan fingerprint density at radius 2 is 2.00 bits per heavy atom. The van der Waals surface area contributed by atoms with Gasteiger partial charge >= 0.3 is 6.03 Å². The lowest BCUT2D eigenvalue weighted by molar-refractivity contribution is -0.121. The molecule has 2 heterocycles. The van der Waals surface area contributed by atoms with E-state index < -0.39 is 6.04 Å².